The highest BCUT2D eigenvalue weighted by molar-refractivity contribution is 7.90. The van der Waals surface area contributed by atoms with Gasteiger partial charge in [-0.3, -0.25) is 19.8 Å². The Balaban J connectivity index is 1.02. The number of ether oxygens (including phenoxy) is 2. The summed E-state index contributed by atoms with van der Waals surface area (Å²) in [6.45, 7) is 7.79. The number of anilines is 2. The van der Waals surface area contributed by atoms with Gasteiger partial charge in [0.05, 0.1) is 29.9 Å². The molecule has 4 fully saturated rings. The van der Waals surface area contributed by atoms with Crippen LogP contribution < -0.4 is 19.7 Å². The summed E-state index contributed by atoms with van der Waals surface area (Å²) < 4.78 is 41.4. The Bertz CT molecular complexity index is 2300. The average molecular weight is 798 g/mol. The zero-order chi connectivity index (χ0) is 39.7. The maximum absolute atomic E-state index is 13.9. The second kappa shape index (κ2) is 15.9. The Morgan fingerprint density at radius 1 is 1.11 bits per heavy atom. The van der Waals surface area contributed by atoms with E-state index in [0.29, 0.717) is 35.3 Å². The summed E-state index contributed by atoms with van der Waals surface area (Å²) in [6, 6.07) is 11.7. The van der Waals surface area contributed by atoms with E-state index < -0.39 is 37.1 Å². The number of rotatable bonds is 11. The summed E-state index contributed by atoms with van der Waals surface area (Å²) in [5.41, 5.74) is 0.488. The monoisotopic (exact) mass is 797 g/mol. The lowest BCUT2D eigenvalue weighted by atomic mass is 9.60. The van der Waals surface area contributed by atoms with E-state index in [1.165, 1.54) is 25.1 Å². The van der Waals surface area contributed by atoms with Crippen molar-refractivity contribution < 1.29 is 27.6 Å². The van der Waals surface area contributed by atoms with Crippen LogP contribution in [0, 0.1) is 38.7 Å². The van der Waals surface area contributed by atoms with Gasteiger partial charge in [0.1, 0.15) is 28.1 Å². The fourth-order valence-electron chi connectivity index (χ4n) is 8.92. The lowest BCUT2D eigenvalue weighted by Gasteiger charge is -2.56. The molecule has 4 aliphatic rings. The van der Waals surface area contributed by atoms with Crippen LogP contribution in [-0.2, 0) is 14.8 Å². The van der Waals surface area contributed by atoms with Crippen molar-refractivity contribution in [2.75, 3.05) is 56.2 Å². The molecule has 16 nitrogen and oxygen atoms in total. The zero-order valence-electron chi connectivity index (χ0n) is 31.9. The van der Waals surface area contributed by atoms with Crippen molar-refractivity contribution in [2.45, 2.75) is 69.2 Å². The summed E-state index contributed by atoms with van der Waals surface area (Å²) >= 11 is 0. The van der Waals surface area contributed by atoms with Crippen LogP contribution in [0.5, 0.6) is 11.5 Å². The molecule has 5 heterocycles. The predicted molar refractivity (Wildman–Crippen MR) is 212 cm³/mol. The van der Waals surface area contributed by atoms with Crippen molar-refractivity contribution in [1.29, 1.82) is 5.26 Å². The number of benzene rings is 1. The Morgan fingerprint density at radius 3 is 2.58 bits per heavy atom. The summed E-state index contributed by atoms with van der Waals surface area (Å²) in [5.74, 6) is 0.0617. The highest BCUT2D eigenvalue weighted by Crippen LogP contribution is 2.51. The average Bonchev–Trinajstić information content (AvgIpc) is 3.67. The number of fused-ring (bicyclic) bond motifs is 1. The largest absolute Gasteiger partial charge is 0.455 e. The van der Waals surface area contributed by atoms with Gasteiger partial charge in [0.25, 0.3) is 15.9 Å². The molecular weight excluding hydrogens is 751 g/mol. The second-order valence-corrected chi connectivity index (χ2v) is 17.7. The van der Waals surface area contributed by atoms with Gasteiger partial charge in [-0.15, -0.1) is 0 Å². The third-order valence-electron chi connectivity index (χ3n) is 12.4. The Kier molecular flexibility index (Phi) is 10.8. The molecule has 3 aromatic heterocycles. The van der Waals surface area contributed by atoms with Gasteiger partial charge in [0, 0.05) is 68.2 Å². The van der Waals surface area contributed by atoms with Gasteiger partial charge in [-0.25, -0.2) is 23.1 Å². The highest BCUT2D eigenvalue weighted by Gasteiger charge is 2.48. The summed E-state index contributed by atoms with van der Waals surface area (Å²) in [4.78, 5) is 40.8. The SMILES string of the molecule is CC1CCC(CNc2nc(C#N)c(S(=O)(=O)NC(=O)c3ccc(N4CCC5(CC4)CC(N4CCOCC4)C5)cc3Oc3cnc4[nH]ccc4c3)cc2[N+](=O)[O-])CC1. The normalized spacial score (nSPS) is 21.4. The predicted octanol–water partition coefficient (Wildman–Crippen LogP) is 5.97. The first kappa shape index (κ1) is 38.6. The minimum absolute atomic E-state index is 0.0921. The van der Waals surface area contributed by atoms with E-state index in [0.717, 1.165) is 95.1 Å². The molecule has 4 aromatic rings. The van der Waals surface area contributed by atoms with E-state index in [1.54, 1.807) is 30.5 Å². The molecule has 0 radical (unpaired) electrons. The number of amides is 1. The van der Waals surface area contributed by atoms with Crippen molar-refractivity contribution in [3.8, 4) is 17.6 Å². The second-order valence-electron chi connectivity index (χ2n) is 16.1. The Labute approximate surface area is 331 Å². The van der Waals surface area contributed by atoms with Crippen LogP contribution in [0.1, 0.15) is 74.3 Å². The molecule has 1 spiro atoms. The molecule has 1 aromatic carbocycles. The molecule has 2 aliphatic carbocycles. The number of aromatic amines is 1. The third kappa shape index (κ3) is 8.25. The van der Waals surface area contributed by atoms with Crippen LogP contribution in [-0.4, -0.2) is 91.1 Å². The molecule has 0 unspecified atom stereocenters. The maximum atomic E-state index is 13.9. The van der Waals surface area contributed by atoms with Crippen molar-refractivity contribution in [1.82, 2.24) is 24.6 Å². The van der Waals surface area contributed by atoms with Crippen LogP contribution in [0.15, 0.2) is 53.7 Å². The van der Waals surface area contributed by atoms with E-state index >= 15 is 0 Å². The molecule has 2 saturated heterocycles. The van der Waals surface area contributed by atoms with Crippen LogP contribution >= 0.6 is 0 Å². The number of nitriles is 1. The van der Waals surface area contributed by atoms with Gasteiger partial charge in [-0.2, -0.15) is 5.26 Å². The molecule has 3 N–H and O–H groups in total. The molecule has 0 bridgehead atoms. The summed E-state index contributed by atoms with van der Waals surface area (Å²) in [5, 5.41) is 25.9. The molecule has 1 amide bonds. The third-order valence-corrected chi connectivity index (χ3v) is 13.7. The Morgan fingerprint density at radius 2 is 1.86 bits per heavy atom. The first-order chi connectivity index (χ1) is 27.5. The summed E-state index contributed by atoms with van der Waals surface area (Å²) in [6.07, 6.45) is 11.7. The first-order valence-electron chi connectivity index (χ1n) is 19.7. The number of pyridine rings is 2. The minimum atomic E-state index is -4.84. The number of nitro groups is 1. The fraction of sp³-hybridized carbons (Fsp3) is 0.500. The van der Waals surface area contributed by atoms with Gasteiger partial charge >= 0.3 is 5.69 Å². The van der Waals surface area contributed by atoms with Crippen molar-refractivity contribution in [2.24, 2.45) is 17.3 Å². The maximum Gasteiger partial charge on any atom is 0.312 e. The van der Waals surface area contributed by atoms with E-state index in [9.17, 15) is 28.6 Å². The van der Waals surface area contributed by atoms with E-state index in [1.807, 2.05) is 10.8 Å². The quantitative estimate of drug-likeness (QED) is 0.118. The molecule has 2 saturated carbocycles. The fourth-order valence-corrected chi connectivity index (χ4v) is 9.99. The molecular formula is C40H47N9O7S. The van der Waals surface area contributed by atoms with Crippen LogP contribution in [0.25, 0.3) is 11.0 Å². The highest BCUT2D eigenvalue weighted by atomic mass is 32.2. The molecule has 300 valence electrons. The molecule has 17 heteroatoms. The number of morpholine rings is 1. The van der Waals surface area contributed by atoms with E-state index in [-0.39, 0.29) is 23.0 Å². The number of nitrogens with zero attached hydrogens (tertiary/aromatic N) is 6. The standard InChI is InChI=1S/C40H47N9O7S/c1-26-2-4-27(5-3-26)24-43-38-34(49(51)52)20-36(33(23-41)45-38)57(53,54)46-39(50)32-7-6-29(19-35(32)56-31-18-28-8-11-42-37(28)44-25-31)47-12-9-40(10-13-47)21-30(22-40)48-14-16-55-17-15-48/h6-8,11,18-20,25-27,30H,2-5,9-10,12-17,21-22,24H2,1H3,(H,42,44)(H,43,45)(H,46,50). The number of aromatic nitrogens is 3. The molecule has 8 rings (SSSR count). The van der Waals surface area contributed by atoms with Crippen LogP contribution in [0.4, 0.5) is 17.2 Å². The number of H-pyrrole nitrogens is 1. The van der Waals surface area contributed by atoms with Crippen molar-refractivity contribution >= 4 is 44.2 Å². The molecule has 0 atom stereocenters. The van der Waals surface area contributed by atoms with Gasteiger partial charge < -0.3 is 24.7 Å². The molecule has 2 aliphatic heterocycles. The van der Waals surface area contributed by atoms with E-state index in [4.69, 9.17) is 9.47 Å². The number of hydrogen-bond donors (Lipinski definition) is 3. The number of hydrogen-bond acceptors (Lipinski definition) is 13. The van der Waals surface area contributed by atoms with Gasteiger partial charge in [-0.05, 0) is 80.0 Å². The number of carbonyl (C=O) groups is 1. The van der Waals surface area contributed by atoms with Crippen LogP contribution in [0.2, 0.25) is 0 Å². The van der Waals surface area contributed by atoms with Gasteiger partial charge in [0.2, 0.25) is 5.82 Å². The smallest absolute Gasteiger partial charge is 0.312 e. The topological polar surface area (TPSA) is 209 Å². The van der Waals surface area contributed by atoms with Gasteiger partial charge in [0.15, 0.2) is 5.69 Å². The zero-order valence-corrected chi connectivity index (χ0v) is 32.7. The number of sulfonamides is 1. The molecule has 57 heavy (non-hydrogen) atoms. The summed E-state index contributed by atoms with van der Waals surface area (Å²) in [7, 11) is -4.84. The number of piperidine rings is 1. The minimum Gasteiger partial charge on any atom is -0.455 e. The first-order valence-corrected chi connectivity index (χ1v) is 21.2. The van der Waals surface area contributed by atoms with Crippen molar-refractivity contribution in [3.63, 3.8) is 0 Å². The lowest BCUT2D eigenvalue weighted by Crippen LogP contribution is -2.57. The lowest BCUT2D eigenvalue weighted by molar-refractivity contribution is -0.384. The number of carbonyl (C=O) groups excluding carboxylic acids is 1. The van der Waals surface area contributed by atoms with Gasteiger partial charge in [-0.1, -0.05) is 19.8 Å². The Hall–Kier alpha value is -5.31. The number of nitrogens with one attached hydrogen (secondary N) is 3. The van der Waals surface area contributed by atoms with Crippen molar-refractivity contribution in [3.05, 3.63) is 70.2 Å². The van der Waals surface area contributed by atoms with Crippen LogP contribution in [0.3, 0.4) is 0 Å². The van der Waals surface area contributed by atoms with E-state index in [2.05, 4.69) is 37.0 Å².